The average Bonchev–Trinajstić information content (AvgIpc) is 3.22. The molecule has 0 N–H and O–H groups in total. The summed E-state index contributed by atoms with van der Waals surface area (Å²) in [7, 11) is 1.75. The number of furan rings is 1. The Morgan fingerprint density at radius 1 is 1.00 bits per heavy atom. The molecular weight excluding hydrogens is 435 g/mol. The van der Waals surface area contributed by atoms with Gasteiger partial charge in [-0.1, -0.05) is 75.4 Å². The molecule has 4 heteroatoms. The fraction of sp³-hybridized carbons (Fsp3) is 0.226. The van der Waals surface area contributed by atoms with Crippen molar-refractivity contribution in [3.8, 4) is 22.4 Å². The summed E-state index contributed by atoms with van der Waals surface area (Å²) in [5.74, 6) is -0.589. The van der Waals surface area contributed by atoms with E-state index in [0.717, 1.165) is 33.0 Å². The first-order valence-corrected chi connectivity index (χ1v) is 11.6. The van der Waals surface area contributed by atoms with Crippen molar-refractivity contribution in [3.05, 3.63) is 95.2 Å². The molecule has 3 aromatic carbocycles. The Hall–Kier alpha value is -3.97. The van der Waals surface area contributed by atoms with Gasteiger partial charge in [0.2, 0.25) is 11.9 Å². The number of nitrogens with zero attached hydrogens (tertiary/aromatic N) is 2. The zero-order valence-corrected chi connectivity index (χ0v) is 20.5. The number of benzene rings is 3. The molecule has 5 aromatic rings. The molecule has 0 fully saturated rings. The van der Waals surface area contributed by atoms with Crippen molar-refractivity contribution in [2.24, 2.45) is 12.5 Å². The first-order chi connectivity index (χ1) is 17.5. The van der Waals surface area contributed by atoms with Crippen LogP contribution in [0.25, 0.3) is 49.2 Å². The van der Waals surface area contributed by atoms with E-state index >= 15 is 4.39 Å². The Morgan fingerprint density at radius 3 is 2.31 bits per heavy atom. The number of hydrogen-bond donors (Lipinski definition) is 0. The lowest BCUT2D eigenvalue weighted by Gasteiger charge is -2.18. The van der Waals surface area contributed by atoms with E-state index in [2.05, 4.69) is 4.85 Å². The Balaban J connectivity index is 1.87. The molecule has 2 aromatic heterocycles. The van der Waals surface area contributed by atoms with Gasteiger partial charge < -0.3 is 4.42 Å². The minimum Gasteiger partial charge on any atom is -0.456 e. The fourth-order valence-electron chi connectivity index (χ4n) is 4.65. The van der Waals surface area contributed by atoms with Crippen molar-refractivity contribution in [1.82, 2.24) is 0 Å². The average molecular weight is 466 g/mol. The third-order valence-corrected chi connectivity index (χ3v) is 6.17. The summed E-state index contributed by atoms with van der Waals surface area (Å²) < 4.78 is 40.9. The van der Waals surface area contributed by atoms with Crippen molar-refractivity contribution in [2.75, 3.05) is 0 Å². The van der Waals surface area contributed by atoms with Crippen LogP contribution in [-0.4, -0.2) is 0 Å². The highest BCUT2D eigenvalue weighted by atomic mass is 19.1. The molecule has 174 valence electrons. The Morgan fingerprint density at radius 2 is 1.66 bits per heavy atom. The highest BCUT2D eigenvalue weighted by Gasteiger charge is 2.26. The van der Waals surface area contributed by atoms with Crippen LogP contribution in [0.1, 0.15) is 34.6 Å². The quantitative estimate of drug-likeness (QED) is 0.194. The summed E-state index contributed by atoms with van der Waals surface area (Å²) >= 11 is 0. The molecule has 0 aliphatic heterocycles. The van der Waals surface area contributed by atoms with Crippen molar-refractivity contribution in [3.63, 3.8) is 0 Å². The Labute approximate surface area is 208 Å². The van der Waals surface area contributed by atoms with Crippen LogP contribution in [0.5, 0.6) is 0 Å². The summed E-state index contributed by atoms with van der Waals surface area (Å²) in [6.45, 7) is 15.0. The predicted octanol–water partition coefficient (Wildman–Crippen LogP) is 8.33. The minimum absolute atomic E-state index is 0.0147. The topological polar surface area (TPSA) is 21.4 Å². The highest BCUT2D eigenvalue weighted by molar-refractivity contribution is 6.15. The SMILES string of the molecule is [2H]C([2H])(c1cc(-c2c(C)ccc3c2oc2c(-c4ccccc4)c([N+]#[C-])ccc23)[n+](C)cc1F)C(C)(C)C. The van der Waals surface area contributed by atoms with E-state index in [9.17, 15) is 0 Å². The molecule has 0 radical (unpaired) electrons. The summed E-state index contributed by atoms with van der Waals surface area (Å²) in [5, 5.41) is 1.77. The maximum absolute atomic E-state index is 15.2. The van der Waals surface area contributed by atoms with Crippen LogP contribution in [-0.2, 0) is 13.4 Å². The van der Waals surface area contributed by atoms with Crippen LogP contribution in [0, 0.1) is 24.7 Å². The molecule has 2 heterocycles. The van der Waals surface area contributed by atoms with E-state index < -0.39 is 17.6 Å². The second-order valence-corrected chi connectivity index (χ2v) is 9.96. The molecule has 0 unspecified atom stereocenters. The normalized spacial score (nSPS) is 13.1. The number of halogens is 1. The van der Waals surface area contributed by atoms with Gasteiger partial charge in [-0.25, -0.2) is 9.24 Å². The van der Waals surface area contributed by atoms with E-state index in [1.807, 2.05) is 61.5 Å². The van der Waals surface area contributed by atoms with Crippen LogP contribution >= 0.6 is 0 Å². The maximum Gasteiger partial charge on any atom is 0.216 e. The van der Waals surface area contributed by atoms with Gasteiger partial charge in [-0.2, -0.15) is 4.57 Å². The lowest BCUT2D eigenvalue weighted by Crippen LogP contribution is -2.32. The van der Waals surface area contributed by atoms with E-state index in [1.54, 1.807) is 38.5 Å². The third-order valence-electron chi connectivity index (χ3n) is 6.17. The van der Waals surface area contributed by atoms with Gasteiger partial charge in [-0.15, -0.1) is 0 Å². The summed E-state index contributed by atoms with van der Waals surface area (Å²) in [4.78, 5) is 3.75. The van der Waals surface area contributed by atoms with E-state index in [0.29, 0.717) is 22.5 Å². The molecule has 0 spiro atoms. The molecule has 0 amide bonds. The lowest BCUT2D eigenvalue weighted by atomic mass is 9.87. The van der Waals surface area contributed by atoms with Crippen LogP contribution in [0.15, 0.2) is 71.3 Å². The number of pyridine rings is 1. The zero-order chi connectivity index (χ0) is 26.7. The van der Waals surface area contributed by atoms with Gasteiger partial charge in [-0.3, -0.25) is 0 Å². The second-order valence-electron chi connectivity index (χ2n) is 9.96. The van der Waals surface area contributed by atoms with Gasteiger partial charge >= 0.3 is 0 Å². The number of aromatic nitrogens is 1. The summed E-state index contributed by atoms with van der Waals surface area (Å²) in [6, 6.07) is 19.1. The van der Waals surface area contributed by atoms with Crippen LogP contribution in [0.2, 0.25) is 0 Å². The van der Waals surface area contributed by atoms with Crippen LogP contribution in [0.4, 0.5) is 10.1 Å². The third kappa shape index (κ3) is 3.98. The van der Waals surface area contributed by atoms with Crippen LogP contribution < -0.4 is 4.57 Å². The molecule has 5 rings (SSSR count). The molecule has 0 atom stereocenters. The molecule has 0 aliphatic rings. The van der Waals surface area contributed by atoms with Gasteiger partial charge in [-0.05, 0) is 29.8 Å². The Bertz CT molecular complexity index is 1720. The van der Waals surface area contributed by atoms with Gasteiger partial charge in [0.25, 0.3) is 0 Å². The van der Waals surface area contributed by atoms with E-state index in [1.165, 1.54) is 6.20 Å². The molecule has 0 aliphatic carbocycles. The van der Waals surface area contributed by atoms with Crippen LogP contribution in [0.3, 0.4) is 0 Å². The molecular formula is C31H28FN2O+. The first-order valence-electron chi connectivity index (χ1n) is 12.6. The number of fused-ring (bicyclic) bond motifs is 3. The predicted molar refractivity (Wildman–Crippen MR) is 140 cm³/mol. The largest absolute Gasteiger partial charge is 0.456 e. The molecule has 0 saturated heterocycles. The minimum atomic E-state index is -1.90. The van der Waals surface area contributed by atoms with Gasteiger partial charge in [0, 0.05) is 30.7 Å². The van der Waals surface area contributed by atoms with Gasteiger partial charge in [0.1, 0.15) is 18.2 Å². The Kier molecular flexibility index (Phi) is 4.87. The molecule has 0 saturated carbocycles. The van der Waals surface area contributed by atoms with Gasteiger partial charge in [0.15, 0.2) is 11.5 Å². The standard InChI is InChI=1S/C31H28FN2O/c1-19-12-13-22-23-14-15-25(33-5)28(20-10-8-7-9-11-20)30(23)35-29(22)27(19)26-16-21(17-31(2,3)4)24(32)18-34(26)6/h7-16,18H,17H2,1-4,6H3/q+1/i17D2. The monoisotopic (exact) mass is 465 g/mol. The smallest absolute Gasteiger partial charge is 0.216 e. The number of rotatable bonds is 3. The first kappa shape index (κ1) is 20.4. The summed E-state index contributed by atoms with van der Waals surface area (Å²) in [5.41, 5.74) is 4.92. The zero-order valence-electron chi connectivity index (χ0n) is 22.5. The van der Waals surface area contributed by atoms with Crippen molar-refractivity contribution in [1.29, 1.82) is 0 Å². The lowest BCUT2D eigenvalue weighted by molar-refractivity contribution is -0.662. The van der Waals surface area contributed by atoms with Crippen molar-refractivity contribution >= 4 is 27.6 Å². The molecule has 0 bridgehead atoms. The molecule has 35 heavy (non-hydrogen) atoms. The number of hydrogen-bond acceptors (Lipinski definition) is 1. The van der Waals surface area contributed by atoms with Crippen molar-refractivity contribution in [2.45, 2.75) is 34.1 Å². The van der Waals surface area contributed by atoms with Gasteiger partial charge in [0.05, 0.1) is 12.1 Å². The maximum atomic E-state index is 15.2. The fourth-order valence-corrected chi connectivity index (χ4v) is 4.65. The molecule has 3 nitrogen and oxygen atoms in total. The highest BCUT2D eigenvalue weighted by Crippen LogP contribution is 2.44. The van der Waals surface area contributed by atoms with E-state index in [-0.39, 0.29) is 5.56 Å². The second kappa shape index (κ2) is 8.36. The van der Waals surface area contributed by atoms with Crippen molar-refractivity contribution < 1.29 is 16.1 Å². The van der Waals surface area contributed by atoms with E-state index in [4.69, 9.17) is 13.7 Å². The number of aryl methyl sites for hydroxylation is 2. The summed E-state index contributed by atoms with van der Waals surface area (Å²) in [6.07, 6.45) is -0.567.